The van der Waals surface area contributed by atoms with Crippen LogP contribution in [0.4, 0.5) is 17.3 Å². The number of nitrogens with zero attached hydrogens (tertiary/aromatic N) is 5. The summed E-state index contributed by atoms with van der Waals surface area (Å²) in [6.45, 7) is 9.01. The number of ether oxygens (including phenoxy) is 1. The Labute approximate surface area is 230 Å². The monoisotopic (exact) mass is 529 g/mol. The van der Waals surface area contributed by atoms with E-state index in [2.05, 4.69) is 60.1 Å². The first-order valence-electron chi connectivity index (χ1n) is 13.1. The van der Waals surface area contributed by atoms with E-state index in [0.29, 0.717) is 23.1 Å². The molecule has 2 aromatic carbocycles. The molecule has 0 atom stereocenters. The highest BCUT2D eigenvalue weighted by Gasteiger charge is 2.15. The van der Waals surface area contributed by atoms with Gasteiger partial charge in [0.2, 0.25) is 11.9 Å². The zero-order chi connectivity index (χ0) is 28.4. The summed E-state index contributed by atoms with van der Waals surface area (Å²) in [5, 5.41) is 11.7. The lowest BCUT2D eigenvalue weighted by Gasteiger charge is -2.16. The fourth-order valence-corrected chi connectivity index (χ4v) is 4.23. The van der Waals surface area contributed by atoms with E-state index in [1.807, 2.05) is 54.2 Å². The topological polar surface area (TPSA) is 97.2 Å². The number of fused-ring (bicyclic) bond motifs is 1. The molecule has 206 valence electrons. The number of nitrogens with one attached hydrogen (secondary N) is 2. The van der Waals surface area contributed by atoms with Crippen LogP contribution in [0.2, 0.25) is 0 Å². The molecule has 9 heteroatoms. The van der Waals surface area contributed by atoms with Gasteiger partial charge < -0.3 is 20.3 Å². The van der Waals surface area contributed by atoms with Crippen molar-refractivity contribution in [1.82, 2.24) is 24.6 Å². The summed E-state index contributed by atoms with van der Waals surface area (Å²) < 4.78 is 7.42. The van der Waals surface area contributed by atoms with Crippen LogP contribution in [0.15, 0.2) is 61.3 Å². The van der Waals surface area contributed by atoms with Crippen molar-refractivity contribution in [3.8, 4) is 17.1 Å². The van der Waals surface area contributed by atoms with Gasteiger partial charge in [-0.25, -0.2) is 9.97 Å². The molecule has 1 amide bonds. The van der Waals surface area contributed by atoms with Crippen molar-refractivity contribution in [2.75, 3.05) is 38.4 Å². The first-order chi connectivity index (χ1) is 18.8. The third-order valence-corrected chi connectivity index (χ3v) is 5.94. The zero-order valence-corrected chi connectivity index (χ0v) is 23.8. The van der Waals surface area contributed by atoms with E-state index in [0.717, 1.165) is 40.7 Å². The molecule has 0 bridgehead atoms. The maximum atomic E-state index is 12.0. The largest absolute Gasteiger partial charge is 0.495 e. The highest BCUT2D eigenvalue weighted by Crippen LogP contribution is 2.34. The molecule has 4 aromatic rings. The first-order valence-corrected chi connectivity index (χ1v) is 13.1. The molecular weight excluding hydrogens is 490 g/mol. The summed E-state index contributed by atoms with van der Waals surface area (Å²) in [5.74, 6) is 0.764. The van der Waals surface area contributed by atoms with Gasteiger partial charge in [-0.1, -0.05) is 45.0 Å². The van der Waals surface area contributed by atoms with Crippen molar-refractivity contribution >= 4 is 34.1 Å². The predicted molar refractivity (Wildman–Crippen MR) is 160 cm³/mol. The van der Waals surface area contributed by atoms with Crippen LogP contribution in [0, 0.1) is 0 Å². The van der Waals surface area contributed by atoms with E-state index in [4.69, 9.17) is 9.72 Å². The van der Waals surface area contributed by atoms with E-state index in [-0.39, 0.29) is 5.91 Å². The van der Waals surface area contributed by atoms with Gasteiger partial charge in [-0.3, -0.25) is 9.48 Å². The Morgan fingerprint density at radius 3 is 2.54 bits per heavy atom. The maximum Gasteiger partial charge on any atom is 0.247 e. The normalized spacial score (nSPS) is 10.6. The second-order valence-corrected chi connectivity index (χ2v) is 9.34. The summed E-state index contributed by atoms with van der Waals surface area (Å²) in [6.07, 6.45) is 5.93. The Balaban J connectivity index is 0.000000631. The Morgan fingerprint density at radius 2 is 1.90 bits per heavy atom. The van der Waals surface area contributed by atoms with Crippen molar-refractivity contribution in [3.63, 3.8) is 0 Å². The average molecular weight is 530 g/mol. The third kappa shape index (κ3) is 7.64. The van der Waals surface area contributed by atoms with Crippen LogP contribution < -0.4 is 15.4 Å². The second-order valence-electron chi connectivity index (χ2n) is 9.34. The molecule has 4 rings (SSSR count). The average Bonchev–Trinajstić information content (AvgIpc) is 3.26. The number of anilines is 3. The van der Waals surface area contributed by atoms with Gasteiger partial charge in [0.25, 0.3) is 0 Å². The quantitative estimate of drug-likeness (QED) is 0.250. The van der Waals surface area contributed by atoms with E-state index >= 15 is 0 Å². The van der Waals surface area contributed by atoms with Gasteiger partial charge in [0.1, 0.15) is 5.75 Å². The van der Waals surface area contributed by atoms with Crippen molar-refractivity contribution in [2.24, 2.45) is 7.05 Å². The molecule has 0 aliphatic rings. The highest BCUT2D eigenvalue weighted by atomic mass is 16.5. The molecule has 0 saturated heterocycles. The van der Waals surface area contributed by atoms with E-state index < -0.39 is 0 Å². The number of hydrogen-bond donors (Lipinski definition) is 2. The van der Waals surface area contributed by atoms with Crippen molar-refractivity contribution in [3.05, 3.63) is 66.9 Å². The van der Waals surface area contributed by atoms with Crippen LogP contribution >= 0.6 is 0 Å². The molecule has 2 N–H and O–H groups in total. The number of methoxy groups -OCH3 is 1. The van der Waals surface area contributed by atoms with Crippen LogP contribution in [0.1, 0.15) is 32.3 Å². The van der Waals surface area contributed by atoms with E-state index in [1.54, 1.807) is 13.3 Å². The summed E-state index contributed by atoms with van der Waals surface area (Å²) in [5.41, 5.74) is 4.86. The van der Waals surface area contributed by atoms with Crippen molar-refractivity contribution < 1.29 is 9.53 Å². The molecule has 0 saturated carbocycles. The summed E-state index contributed by atoms with van der Waals surface area (Å²) in [6, 6.07) is 13.5. The third-order valence-electron chi connectivity index (χ3n) is 5.94. The molecule has 0 aliphatic carbocycles. The Bertz CT molecular complexity index is 1410. The predicted octanol–water partition coefficient (Wildman–Crippen LogP) is 5.82. The fourth-order valence-electron chi connectivity index (χ4n) is 4.23. The molecule has 9 nitrogen and oxygen atoms in total. The van der Waals surface area contributed by atoms with Gasteiger partial charge in [0, 0.05) is 24.3 Å². The van der Waals surface area contributed by atoms with Crippen LogP contribution in [-0.2, 0) is 18.3 Å². The molecule has 0 aliphatic heterocycles. The van der Waals surface area contributed by atoms with E-state index in [9.17, 15) is 4.79 Å². The molecule has 2 aromatic heterocycles. The SMILES string of the molecule is C=CC(=O)Nc1cc(Nc2nccc(-c3c4ccccc4nn3C)n2)c(OC)cc1CCC.CCCN(C)C. The van der Waals surface area contributed by atoms with Crippen molar-refractivity contribution in [2.45, 2.75) is 33.1 Å². The molecule has 0 fully saturated rings. The summed E-state index contributed by atoms with van der Waals surface area (Å²) in [4.78, 5) is 23.2. The lowest BCUT2D eigenvalue weighted by Crippen LogP contribution is -2.11. The minimum Gasteiger partial charge on any atom is -0.495 e. The van der Waals surface area contributed by atoms with Gasteiger partial charge in [-0.15, -0.1) is 0 Å². The fraction of sp³-hybridized carbons (Fsp3) is 0.333. The number of amides is 1. The molecule has 0 unspecified atom stereocenters. The minimum absolute atomic E-state index is 0.273. The number of aromatic nitrogens is 4. The first kappa shape index (κ1) is 29.3. The van der Waals surface area contributed by atoms with Crippen molar-refractivity contribution in [1.29, 1.82) is 0 Å². The number of aryl methyl sites for hydroxylation is 2. The Kier molecular flexibility index (Phi) is 10.6. The molecule has 0 radical (unpaired) electrons. The molecule has 39 heavy (non-hydrogen) atoms. The number of rotatable bonds is 10. The molecular formula is C30H39N7O2. The number of carbonyl (C=O) groups is 1. The van der Waals surface area contributed by atoms with E-state index in [1.165, 1.54) is 19.0 Å². The lowest BCUT2D eigenvalue weighted by atomic mass is 10.1. The highest BCUT2D eigenvalue weighted by molar-refractivity contribution is 6.00. The van der Waals surface area contributed by atoms with Gasteiger partial charge in [0.15, 0.2) is 0 Å². The number of benzene rings is 2. The standard InChI is InChI=1S/C25H26N6O2.C5H13N/c1-5-9-16-14-22(33-4)21(15-20(16)27-23(32)6-2)29-25-26-13-12-19(28-25)24-17-10-7-8-11-18(17)30-31(24)3;1-4-5-6(2)3/h6-8,10-15H,2,5,9H2,1,3-4H3,(H,27,32)(H,26,28,29);4-5H2,1-3H3. The summed E-state index contributed by atoms with van der Waals surface area (Å²) in [7, 11) is 7.68. The summed E-state index contributed by atoms with van der Waals surface area (Å²) >= 11 is 0. The zero-order valence-electron chi connectivity index (χ0n) is 23.8. The Morgan fingerprint density at radius 1 is 1.13 bits per heavy atom. The molecule has 2 heterocycles. The maximum absolute atomic E-state index is 12.0. The molecule has 0 spiro atoms. The smallest absolute Gasteiger partial charge is 0.247 e. The van der Waals surface area contributed by atoms with Gasteiger partial charge in [0.05, 0.1) is 29.7 Å². The van der Waals surface area contributed by atoms with Crippen LogP contribution in [0.25, 0.3) is 22.3 Å². The number of hydrogen-bond acceptors (Lipinski definition) is 7. The van der Waals surface area contributed by atoms with Gasteiger partial charge in [-0.05, 0) is 69.4 Å². The van der Waals surface area contributed by atoms with Gasteiger partial charge in [-0.2, -0.15) is 5.10 Å². The van der Waals surface area contributed by atoms with Crippen LogP contribution in [0.3, 0.4) is 0 Å². The lowest BCUT2D eigenvalue weighted by molar-refractivity contribution is -0.111. The second kappa shape index (κ2) is 14.1. The van der Waals surface area contributed by atoms with Crippen LogP contribution in [-0.4, -0.2) is 58.3 Å². The van der Waals surface area contributed by atoms with Gasteiger partial charge >= 0.3 is 0 Å². The number of carbonyl (C=O) groups excluding carboxylic acids is 1. The Hall–Kier alpha value is -4.24. The van der Waals surface area contributed by atoms with Crippen LogP contribution in [0.5, 0.6) is 5.75 Å². The minimum atomic E-state index is -0.273.